The summed E-state index contributed by atoms with van der Waals surface area (Å²) in [4.78, 5) is 0.310. The first kappa shape index (κ1) is 16.3. The first-order chi connectivity index (χ1) is 9.88. The smallest absolute Gasteiger partial charge is 0.240 e. The van der Waals surface area contributed by atoms with Crippen LogP contribution in [0.5, 0.6) is 0 Å². The molecule has 0 amide bonds. The largest absolute Gasteiger partial charge is 0.383 e. The van der Waals surface area contributed by atoms with Crippen LogP contribution in [0.2, 0.25) is 0 Å². The molecule has 0 aliphatic heterocycles. The summed E-state index contributed by atoms with van der Waals surface area (Å²) in [6.45, 7) is 4.82. The van der Waals surface area contributed by atoms with Crippen molar-refractivity contribution >= 4 is 15.7 Å². The Morgan fingerprint density at radius 1 is 1.19 bits per heavy atom. The van der Waals surface area contributed by atoms with E-state index < -0.39 is 10.0 Å². The second-order valence-electron chi connectivity index (χ2n) is 5.84. The Morgan fingerprint density at radius 3 is 2.24 bits per heavy atom. The Balaban J connectivity index is 1.98. The minimum atomic E-state index is -3.37. The average molecular weight is 311 g/mol. The van der Waals surface area contributed by atoms with Crippen LogP contribution in [0.4, 0.5) is 5.69 Å². The van der Waals surface area contributed by atoms with Crippen LogP contribution in [0.15, 0.2) is 29.2 Å². The molecule has 118 valence electrons. The first-order valence-corrected chi connectivity index (χ1v) is 9.02. The van der Waals surface area contributed by atoms with E-state index in [1.807, 2.05) is 0 Å². The number of rotatable bonds is 8. The molecule has 1 fully saturated rings. The molecule has 21 heavy (non-hydrogen) atoms. The topological polar surface area (TPSA) is 84.2 Å². The SMILES string of the molecule is CCC(N)(CC)CNc1ccc(S(=O)(=O)NC2CC2)cc1. The summed E-state index contributed by atoms with van der Waals surface area (Å²) in [6.07, 6.45) is 3.67. The molecule has 0 aromatic heterocycles. The summed E-state index contributed by atoms with van der Waals surface area (Å²) < 4.78 is 26.8. The van der Waals surface area contributed by atoms with Crippen LogP contribution >= 0.6 is 0 Å². The van der Waals surface area contributed by atoms with Gasteiger partial charge in [-0.2, -0.15) is 0 Å². The highest BCUT2D eigenvalue weighted by Gasteiger charge is 2.27. The molecule has 1 aromatic rings. The third kappa shape index (κ3) is 4.43. The van der Waals surface area contributed by atoms with E-state index in [9.17, 15) is 8.42 Å². The minimum Gasteiger partial charge on any atom is -0.383 e. The molecule has 5 nitrogen and oxygen atoms in total. The van der Waals surface area contributed by atoms with Gasteiger partial charge in [0, 0.05) is 23.8 Å². The number of sulfonamides is 1. The predicted molar refractivity (Wildman–Crippen MR) is 85.8 cm³/mol. The molecule has 0 atom stereocenters. The average Bonchev–Trinajstić information content (AvgIpc) is 3.28. The van der Waals surface area contributed by atoms with Crippen molar-refractivity contribution in [3.05, 3.63) is 24.3 Å². The number of hydrogen-bond acceptors (Lipinski definition) is 4. The van der Waals surface area contributed by atoms with Gasteiger partial charge in [-0.1, -0.05) is 13.8 Å². The number of hydrogen-bond donors (Lipinski definition) is 3. The lowest BCUT2D eigenvalue weighted by atomic mass is 9.94. The van der Waals surface area contributed by atoms with Gasteiger partial charge in [0.2, 0.25) is 10.0 Å². The Labute approximate surface area is 127 Å². The maximum atomic E-state index is 12.1. The highest BCUT2D eigenvalue weighted by Crippen LogP contribution is 2.23. The van der Waals surface area contributed by atoms with Crippen molar-refractivity contribution in [2.24, 2.45) is 5.73 Å². The molecule has 1 aliphatic carbocycles. The van der Waals surface area contributed by atoms with Crippen molar-refractivity contribution < 1.29 is 8.42 Å². The van der Waals surface area contributed by atoms with Gasteiger partial charge >= 0.3 is 0 Å². The van der Waals surface area contributed by atoms with E-state index in [1.165, 1.54) is 0 Å². The van der Waals surface area contributed by atoms with Gasteiger partial charge in [-0.05, 0) is 49.9 Å². The van der Waals surface area contributed by atoms with Crippen LogP contribution in [0, 0.1) is 0 Å². The molecule has 0 saturated heterocycles. The summed E-state index contributed by atoms with van der Waals surface area (Å²) in [5.74, 6) is 0. The predicted octanol–water partition coefficient (Wildman–Crippen LogP) is 2.06. The molecule has 2 rings (SSSR count). The van der Waals surface area contributed by atoms with Gasteiger partial charge in [0.05, 0.1) is 4.90 Å². The number of benzene rings is 1. The standard InChI is InChI=1S/C15H25N3O2S/c1-3-15(16,4-2)11-17-12-7-9-14(10-8-12)21(19,20)18-13-5-6-13/h7-10,13,17-18H,3-6,11,16H2,1-2H3. The number of nitrogens with one attached hydrogen (secondary N) is 2. The molecule has 0 bridgehead atoms. The molecule has 4 N–H and O–H groups in total. The highest BCUT2D eigenvalue weighted by atomic mass is 32.2. The van der Waals surface area contributed by atoms with Crippen LogP contribution in [0.3, 0.4) is 0 Å². The summed E-state index contributed by atoms with van der Waals surface area (Å²) in [5.41, 5.74) is 6.90. The fourth-order valence-corrected chi connectivity index (χ4v) is 3.32. The van der Waals surface area contributed by atoms with E-state index in [1.54, 1.807) is 24.3 Å². The minimum absolute atomic E-state index is 0.125. The lowest BCUT2D eigenvalue weighted by Gasteiger charge is -2.27. The molecule has 1 aromatic carbocycles. The van der Waals surface area contributed by atoms with Crippen molar-refractivity contribution in [2.45, 2.75) is 56.0 Å². The van der Waals surface area contributed by atoms with Crippen LogP contribution in [0.1, 0.15) is 39.5 Å². The second kappa shape index (κ2) is 6.34. The molecule has 0 heterocycles. The summed E-state index contributed by atoms with van der Waals surface area (Å²) >= 11 is 0. The summed E-state index contributed by atoms with van der Waals surface area (Å²) in [5, 5.41) is 3.28. The Hall–Kier alpha value is -1.11. The molecular weight excluding hydrogens is 286 g/mol. The van der Waals surface area contributed by atoms with Crippen molar-refractivity contribution in [3.8, 4) is 0 Å². The number of nitrogens with two attached hydrogens (primary N) is 1. The van der Waals surface area contributed by atoms with Gasteiger partial charge in [-0.25, -0.2) is 13.1 Å². The van der Waals surface area contributed by atoms with Gasteiger partial charge in [-0.3, -0.25) is 0 Å². The number of anilines is 1. The zero-order valence-electron chi connectivity index (χ0n) is 12.7. The molecule has 1 aliphatic rings. The third-order valence-electron chi connectivity index (χ3n) is 4.12. The normalized spacial score (nSPS) is 16.0. The van der Waals surface area contributed by atoms with E-state index in [4.69, 9.17) is 5.73 Å². The van der Waals surface area contributed by atoms with Crippen LogP contribution in [0.25, 0.3) is 0 Å². The van der Waals surface area contributed by atoms with E-state index in [2.05, 4.69) is 23.9 Å². The zero-order valence-corrected chi connectivity index (χ0v) is 13.5. The highest BCUT2D eigenvalue weighted by molar-refractivity contribution is 7.89. The lowest BCUT2D eigenvalue weighted by molar-refractivity contribution is 0.418. The van der Waals surface area contributed by atoms with Crippen molar-refractivity contribution in [1.82, 2.24) is 4.72 Å². The van der Waals surface area contributed by atoms with Gasteiger partial charge < -0.3 is 11.1 Å². The Kier molecular flexibility index (Phi) is 4.91. The lowest BCUT2D eigenvalue weighted by Crippen LogP contribution is -2.45. The second-order valence-corrected chi connectivity index (χ2v) is 7.56. The van der Waals surface area contributed by atoms with E-state index in [0.29, 0.717) is 11.4 Å². The molecule has 0 spiro atoms. The van der Waals surface area contributed by atoms with Gasteiger partial charge in [-0.15, -0.1) is 0 Å². The fraction of sp³-hybridized carbons (Fsp3) is 0.600. The van der Waals surface area contributed by atoms with Crippen molar-refractivity contribution in [3.63, 3.8) is 0 Å². The molecule has 0 unspecified atom stereocenters. The molecular formula is C15H25N3O2S. The van der Waals surface area contributed by atoms with Crippen molar-refractivity contribution in [2.75, 3.05) is 11.9 Å². The fourth-order valence-electron chi connectivity index (χ4n) is 2.02. The van der Waals surface area contributed by atoms with E-state index in [-0.39, 0.29) is 11.6 Å². The van der Waals surface area contributed by atoms with Crippen LogP contribution in [-0.2, 0) is 10.0 Å². The Bertz CT molecular complexity index is 561. The van der Waals surface area contributed by atoms with Crippen LogP contribution < -0.4 is 15.8 Å². The summed E-state index contributed by atoms with van der Waals surface area (Å²) in [6, 6.07) is 6.95. The third-order valence-corrected chi connectivity index (χ3v) is 5.65. The van der Waals surface area contributed by atoms with Gasteiger partial charge in [0.25, 0.3) is 0 Å². The molecule has 6 heteroatoms. The van der Waals surface area contributed by atoms with Crippen LogP contribution in [-0.4, -0.2) is 26.5 Å². The maximum absolute atomic E-state index is 12.1. The maximum Gasteiger partial charge on any atom is 0.240 e. The molecule has 0 radical (unpaired) electrons. The zero-order chi connectivity index (χ0) is 15.5. The van der Waals surface area contributed by atoms with Gasteiger partial charge in [0.1, 0.15) is 0 Å². The van der Waals surface area contributed by atoms with Crippen molar-refractivity contribution in [1.29, 1.82) is 0 Å². The Morgan fingerprint density at radius 2 is 1.76 bits per heavy atom. The monoisotopic (exact) mass is 311 g/mol. The molecule has 1 saturated carbocycles. The van der Waals surface area contributed by atoms with Gasteiger partial charge in [0.15, 0.2) is 0 Å². The first-order valence-electron chi connectivity index (χ1n) is 7.54. The van der Waals surface area contributed by atoms with E-state index in [0.717, 1.165) is 31.4 Å². The summed E-state index contributed by atoms with van der Waals surface area (Å²) in [7, 11) is -3.37. The quantitative estimate of drug-likeness (QED) is 0.686. The van der Waals surface area contributed by atoms with E-state index >= 15 is 0 Å².